The predicted molar refractivity (Wildman–Crippen MR) is 71.4 cm³/mol. The van der Waals surface area contributed by atoms with Crippen LogP contribution < -0.4 is 5.32 Å². The summed E-state index contributed by atoms with van der Waals surface area (Å²) >= 11 is 3.07. The maximum absolute atomic E-state index is 11.9. The molecule has 20 heavy (non-hydrogen) atoms. The van der Waals surface area contributed by atoms with Gasteiger partial charge >= 0.3 is 5.97 Å². The lowest BCUT2D eigenvalue weighted by molar-refractivity contribution is -0.384. The largest absolute Gasteiger partial charge is 0.480 e. The first-order valence-corrected chi connectivity index (χ1v) is 6.24. The maximum Gasteiger partial charge on any atom is 0.326 e. The van der Waals surface area contributed by atoms with E-state index < -0.39 is 29.4 Å². The SMILES string of the molecule is O=C(N[C@@H](CCO)C(=O)O)c1cc([N+](=O)[O-])ccc1Br. The zero-order valence-electron chi connectivity index (χ0n) is 10.1. The second kappa shape index (κ2) is 6.96. The van der Waals surface area contributed by atoms with E-state index in [0.717, 1.165) is 6.07 Å². The summed E-state index contributed by atoms with van der Waals surface area (Å²) in [6.45, 7) is -0.409. The highest BCUT2D eigenvalue weighted by Gasteiger charge is 2.22. The number of carbonyl (C=O) groups excluding carboxylic acids is 1. The number of carbonyl (C=O) groups is 2. The first-order valence-electron chi connectivity index (χ1n) is 5.45. The normalized spacial score (nSPS) is 11.7. The number of carboxylic acids is 1. The Bertz CT molecular complexity index is 548. The van der Waals surface area contributed by atoms with Crippen molar-refractivity contribution in [3.63, 3.8) is 0 Å². The summed E-state index contributed by atoms with van der Waals surface area (Å²) in [5.41, 5.74) is -0.337. The Morgan fingerprint density at radius 1 is 1.45 bits per heavy atom. The molecule has 0 aromatic heterocycles. The number of nitro benzene ring substituents is 1. The third kappa shape index (κ3) is 4.00. The van der Waals surface area contributed by atoms with Crippen LogP contribution in [-0.4, -0.2) is 39.7 Å². The molecule has 0 aliphatic heterocycles. The van der Waals surface area contributed by atoms with Gasteiger partial charge in [0.25, 0.3) is 11.6 Å². The predicted octanol–water partition coefficient (Wildman–Crippen LogP) is 0.923. The van der Waals surface area contributed by atoms with Gasteiger partial charge in [0.05, 0.1) is 10.5 Å². The van der Waals surface area contributed by atoms with E-state index in [1.165, 1.54) is 12.1 Å². The molecule has 0 aliphatic carbocycles. The number of aliphatic hydroxyl groups excluding tert-OH is 1. The Morgan fingerprint density at radius 2 is 2.10 bits per heavy atom. The van der Waals surface area contributed by atoms with Gasteiger partial charge < -0.3 is 15.5 Å². The number of rotatable bonds is 6. The molecule has 0 heterocycles. The molecule has 0 fully saturated rings. The molecule has 0 spiro atoms. The third-order valence-corrected chi connectivity index (χ3v) is 3.12. The fourth-order valence-corrected chi connectivity index (χ4v) is 1.85. The van der Waals surface area contributed by atoms with Crippen LogP contribution in [0.2, 0.25) is 0 Å². The zero-order chi connectivity index (χ0) is 15.3. The van der Waals surface area contributed by atoms with E-state index in [-0.39, 0.29) is 17.7 Å². The second-order valence-corrected chi connectivity index (χ2v) is 4.65. The maximum atomic E-state index is 11.9. The number of hydrogen-bond acceptors (Lipinski definition) is 5. The van der Waals surface area contributed by atoms with Crippen LogP contribution in [0.25, 0.3) is 0 Å². The minimum Gasteiger partial charge on any atom is -0.480 e. The highest BCUT2D eigenvalue weighted by Crippen LogP contribution is 2.22. The number of non-ortho nitro benzene ring substituents is 1. The average Bonchev–Trinajstić information content (AvgIpc) is 2.38. The molecule has 3 N–H and O–H groups in total. The standard InChI is InChI=1S/C11H11BrN2O6/c12-8-2-1-6(14(19)20)5-7(8)10(16)13-9(3-4-15)11(17)18/h1-2,5,9,15H,3-4H2,(H,13,16)(H,17,18)/t9-/m0/s1. The Balaban J connectivity index is 2.99. The van der Waals surface area contributed by atoms with Gasteiger partial charge in [-0.3, -0.25) is 14.9 Å². The minimum absolute atomic E-state index is 0.0524. The van der Waals surface area contributed by atoms with Crippen molar-refractivity contribution in [3.8, 4) is 0 Å². The lowest BCUT2D eigenvalue weighted by Crippen LogP contribution is -2.41. The van der Waals surface area contributed by atoms with Crippen molar-refractivity contribution >= 4 is 33.5 Å². The van der Waals surface area contributed by atoms with Crippen LogP contribution in [0.3, 0.4) is 0 Å². The molecule has 0 saturated carbocycles. The van der Waals surface area contributed by atoms with Gasteiger partial charge in [0.2, 0.25) is 0 Å². The zero-order valence-corrected chi connectivity index (χ0v) is 11.7. The number of nitro groups is 1. The molecule has 9 heteroatoms. The number of halogens is 1. The van der Waals surface area contributed by atoms with Crippen molar-refractivity contribution in [2.75, 3.05) is 6.61 Å². The van der Waals surface area contributed by atoms with Crippen LogP contribution >= 0.6 is 15.9 Å². The Hall–Kier alpha value is -2.00. The van der Waals surface area contributed by atoms with Crippen molar-refractivity contribution in [2.24, 2.45) is 0 Å². The highest BCUT2D eigenvalue weighted by molar-refractivity contribution is 9.10. The van der Waals surface area contributed by atoms with Gasteiger partial charge in [-0.2, -0.15) is 0 Å². The smallest absolute Gasteiger partial charge is 0.326 e. The van der Waals surface area contributed by atoms with E-state index in [9.17, 15) is 19.7 Å². The summed E-state index contributed by atoms with van der Waals surface area (Å²) < 4.78 is 0.300. The van der Waals surface area contributed by atoms with Gasteiger partial charge in [-0.1, -0.05) is 0 Å². The van der Waals surface area contributed by atoms with Gasteiger partial charge in [0.15, 0.2) is 0 Å². The lowest BCUT2D eigenvalue weighted by atomic mass is 10.1. The van der Waals surface area contributed by atoms with Crippen LogP contribution in [0, 0.1) is 10.1 Å². The van der Waals surface area contributed by atoms with Crippen molar-refractivity contribution in [1.82, 2.24) is 5.32 Å². The number of carboxylic acid groups (broad SMARTS) is 1. The van der Waals surface area contributed by atoms with Crippen molar-refractivity contribution in [1.29, 1.82) is 0 Å². The highest BCUT2D eigenvalue weighted by atomic mass is 79.9. The van der Waals surface area contributed by atoms with Gasteiger partial charge in [-0.05, 0) is 22.0 Å². The van der Waals surface area contributed by atoms with Gasteiger partial charge in [0, 0.05) is 29.6 Å². The third-order valence-electron chi connectivity index (χ3n) is 2.43. The summed E-state index contributed by atoms with van der Waals surface area (Å²) in [5, 5.41) is 30.4. The van der Waals surface area contributed by atoms with E-state index in [1.807, 2.05) is 0 Å². The Kier molecular flexibility index (Phi) is 5.59. The fraction of sp³-hybridized carbons (Fsp3) is 0.273. The molecule has 1 rings (SSSR count). The molecule has 8 nitrogen and oxygen atoms in total. The van der Waals surface area contributed by atoms with Gasteiger partial charge in [-0.15, -0.1) is 0 Å². The average molecular weight is 347 g/mol. The molecule has 1 amide bonds. The van der Waals surface area contributed by atoms with Crippen LogP contribution in [0.4, 0.5) is 5.69 Å². The summed E-state index contributed by atoms with van der Waals surface area (Å²) in [5.74, 6) is -2.07. The van der Waals surface area contributed by atoms with E-state index in [1.54, 1.807) is 0 Å². The molecule has 0 saturated heterocycles. The van der Waals surface area contributed by atoms with E-state index in [2.05, 4.69) is 21.2 Å². The molecule has 1 aromatic rings. The second-order valence-electron chi connectivity index (χ2n) is 3.80. The number of benzene rings is 1. The van der Waals surface area contributed by atoms with Gasteiger partial charge in [0.1, 0.15) is 6.04 Å². The topological polar surface area (TPSA) is 130 Å². The first-order chi connectivity index (χ1) is 9.36. The van der Waals surface area contributed by atoms with E-state index in [4.69, 9.17) is 10.2 Å². The van der Waals surface area contributed by atoms with Crippen LogP contribution in [0.5, 0.6) is 0 Å². The molecule has 1 atom stereocenters. The molecule has 0 unspecified atom stereocenters. The summed E-state index contributed by atoms with van der Waals surface area (Å²) in [7, 11) is 0. The quantitative estimate of drug-likeness (QED) is 0.518. The molecular weight excluding hydrogens is 336 g/mol. The molecular formula is C11H11BrN2O6. The molecule has 0 radical (unpaired) electrons. The minimum atomic E-state index is -1.30. The van der Waals surface area contributed by atoms with Crippen LogP contribution in [0.1, 0.15) is 16.8 Å². The van der Waals surface area contributed by atoms with Crippen molar-refractivity contribution in [2.45, 2.75) is 12.5 Å². The molecule has 0 bridgehead atoms. The number of hydrogen-bond donors (Lipinski definition) is 3. The van der Waals surface area contributed by atoms with E-state index in [0.29, 0.717) is 4.47 Å². The number of amides is 1. The first kappa shape index (κ1) is 16.1. The van der Waals surface area contributed by atoms with Crippen molar-refractivity contribution < 1.29 is 24.7 Å². The number of nitrogens with zero attached hydrogens (tertiary/aromatic N) is 1. The van der Waals surface area contributed by atoms with Crippen molar-refractivity contribution in [3.05, 3.63) is 38.3 Å². The summed E-state index contributed by atoms with van der Waals surface area (Å²) in [4.78, 5) is 32.8. The summed E-state index contributed by atoms with van der Waals surface area (Å²) in [6.07, 6.45) is -0.159. The van der Waals surface area contributed by atoms with Crippen LogP contribution in [0.15, 0.2) is 22.7 Å². The van der Waals surface area contributed by atoms with Crippen LogP contribution in [-0.2, 0) is 4.79 Å². The molecule has 108 valence electrons. The Morgan fingerprint density at radius 3 is 2.60 bits per heavy atom. The lowest BCUT2D eigenvalue weighted by Gasteiger charge is -2.13. The molecule has 0 aliphatic rings. The van der Waals surface area contributed by atoms with Gasteiger partial charge in [-0.25, -0.2) is 4.79 Å². The van der Waals surface area contributed by atoms with E-state index >= 15 is 0 Å². The monoisotopic (exact) mass is 346 g/mol. The molecule has 1 aromatic carbocycles. The number of aliphatic carboxylic acids is 1. The summed E-state index contributed by atoms with van der Waals surface area (Å²) in [6, 6.07) is 2.31. The fourth-order valence-electron chi connectivity index (χ4n) is 1.42. The Labute approximate surface area is 121 Å². The number of nitrogens with one attached hydrogen (secondary N) is 1. The number of aliphatic hydroxyl groups is 1.